The van der Waals surface area contributed by atoms with Gasteiger partial charge in [0.25, 0.3) is 0 Å². The molecule has 0 aliphatic rings. The van der Waals surface area contributed by atoms with Gasteiger partial charge in [-0.05, 0) is 51.7 Å². The van der Waals surface area contributed by atoms with Gasteiger partial charge in [-0.15, -0.1) is 4.99 Å². The molecule has 23 heavy (non-hydrogen) atoms. The van der Waals surface area contributed by atoms with Crippen molar-refractivity contribution in [2.45, 2.75) is 66.0 Å². The molecule has 6 nitrogen and oxygen atoms in total. The van der Waals surface area contributed by atoms with Crippen LogP contribution in [-0.4, -0.2) is 42.7 Å². The molecule has 0 bridgehead atoms. The number of aliphatic imine (C=N–C) groups is 1. The third-order valence-corrected chi connectivity index (χ3v) is 3.69. The number of ether oxygens (including phenoxy) is 2. The highest BCUT2D eigenvalue weighted by Gasteiger charge is 2.35. The van der Waals surface area contributed by atoms with Gasteiger partial charge in [0.1, 0.15) is 5.60 Å². The lowest BCUT2D eigenvalue weighted by molar-refractivity contribution is -0.0236. The second-order valence-corrected chi connectivity index (χ2v) is 7.57. The predicted molar refractivity (Wildman–Crippen MR) is 93.6 cm³/mol. The summed E-state index contributed by atoms with van der Waals surface area (Å²) in [4.78, 5) is 15.6. The Morgan fingerprint density at radius 3 is 2.09 bits per heavy atom. The summed E-state index contributed by atoms with van der Waals surface area (Å²) in [5.74, 6) is 0.0771. The van der Waals surface area contributed by atoms with Gasteiger partial charge >= 0.3 is 6.09 Å². The first-order chi connectivity index (χ1) is 10.2. The van der Waals surface area contributed by atoms with E-state index in [-0.39, 0.29) is 5.90 Å². The largest absolute Gasteiger partial charge is 0.481 e. The Kier molecular flexibility index (Phi) is 7.35. The van der Waals surface area contributed by atoms with E-state index in [1.54, 1.807) is 41.9 Å². The fourth-order valence-electron chi connectivity index (χ4n) is 1.44. The van der Waals surface area contributed by atoms with Crippen molar-refractivity contribution in [1.29, 1.82) is 0 Å². The molecule has 0 aromatic carbocycles. The Hall–Kier alpha value is -1.50. The highest BCUT2D eigenvalue weighted by atomic mass is 16.6. The van der Waals surface area contributed by atoms with Crippen LogP contribution in [0.4, 0.5) is 4.79 Å². The van der Waals surface area contributed by atoms with Crippen molar-refractivity contribution in [3.63, 3.8) is 0 Å². The average Bonchev–Trinajstić information content (AvgIpc) is 2.34. The van der Waals surface area contributed by atoms with E-state index in [0.29, 0.717) is 11.8 Å². The number of aliphatic hydroxyl groups is 1. The highest BCUT2D eigenvalue weighted by molar-refractivity contribution is 6.54. The molecule has 0 saturated heterocycles. The molecule has 1 amide bonds. The van der Waals surface area contributed by atoms with E-state index in [0.717, 1.165) is 0 Å². The third kappa shape index (κ3) is 7.55. The van der Waals surface area contributed by atoms with Gasteiger partial charge in [0.15, 0.2) is 7.28 Å². The van der Waals surface area contributed by atoms with Crippen molar-refractivity contribution in [1.82, 2.24) is 0 Å². The van der Waals surface area contributed by atoms with Crippen molar-refractivity contribution in [3.8, 4) is 0 Å². The number of amides is 1. The van der Waals surface area contributed by atoms with Crippen LogP contribution >= 0.6 is 0 Å². The van der Waals surface area contributed by atoms with E-state index in [9.17, 15) is 9.90 Å². The second kappa shape index (κ2) is 7.86. The van der Waals surface area contributed by atoms with Crippen LogP contribution in [0.1, 0.15) is 48.5 Å². The summed E-state index contributed by atoms with van der Waals surface area (Å²) in [6, 6.07) is 0. The van der Waals surface area contributed by atoms with Gasteiger partial charge in [0.05, 0.1) is 12.7 Å². The summed E-state index contributed by atoms with van der Waals surface area (Å²) < 4.78 is 10.3. The number of nitrogens with zero attached hydrogens (tertiary/aromatic N) is 1. The lowest BCUT2D eigenvalue weighted by Crippen LogP contribution is -2.40. The van der Waals surface area contributed by atoms with Crippen molar-refractivity contribution in [3.05, 3.63) is 11.7 Å². The minimum Gasteiger partial charge on any atom is -0.481 e. The van der Waals surface area contributed by atoms with E-state index in [2.05, 4.69) is 4.99 Å². The average molecular weight is 325 g/mol. The number of carbonyl (C=O) groups excluding carboxylic acids is 1. The quantitative estimate of drug-likeness (QED) is 0.460. The maximum atomic E-state index is 11.8. The maximum absolute atomic E-state index is 11.8. The highest BCUT2D eigenvalue weighted by Crippen LogP contribution is 2.34. The minimum atomic E-state index is -0.876. The van der Waals surface area contributed by atoms with Crippen LogP contribution in [0.5, 0.6) is 0 Å². The van der Waals surface area contributed by atoms with Gasteiger partial charge in [-0.3, -0.25) is 0 Å². The van der Waals surface area contributed by atoms with E-state index < -0.39 is 22.7 Å². The van der Waals surface area contributed by atoms with Gasteiger partial charge in [-0.2, -0.15) is 0 Å². The van der Waals surface area contributed by atoms with Gasteiger partial charge in [0.2, 0.25) is 5.90 Å². The Bertz CT molecular complexity index is 471. The molecule has 7 heteroatoms. The molecule has 0 heterocycles. The lowest BCUT2D eigenvalue weighted by Gasteiger charge is -2.37. The molecule has 0 aromatic rings. The van der Waals surface area contributed by atoms with Crippen LogP contribution in [0.2, 0.25) is 6.32 Å². The number of nitrogens with two attached hydrogens (primary N) is 1. The van der Waals surface area contributed by atoms with Gasteiger partial charge in [0, 0.05) is 0 Å². The third-order valence-electron chi connectivity index (χ3n) is 3.69. The summed E-state index contributed by atoms with van der Waals surface area (Å²) >= 11 is 0. The summed E-state index contributed by atoms with van der Waals surface area (Å²) in [6.45, 7) is 12.6. The molecule has 1 radical (unpaired) electrons. The summed E-state index contributed by atoms with van der Waals surface area (Å²) in [5.41, 5.74) is 4.18. The topological polar surface area (TPSA) is 94.1 Å². The van der Waals surface area contributed by atoms with Crippen LogP contribution in [0.25, 0.3) is 0 Å². The zero-order chi connectivity index (χ0) is 18.5. The monoisotopic (exact) mass is 325 g/mol. The molecule has 0 aliphatic carbocycles. The van der Waals surface area contributed by atoms with E-state index in [4.69, 9.17) is 15.2 Å². The Morgan fingerprint density at radius 1 is 1.22 bits per heavy atom. The Labute approximate surface area is 140 Å². The van der Waals surface area contributed by atoms with Crippen molar-refractivity contribution < 1.29 is 19.4 Å². The molecular formula is C16H30BN2O4. The first kappa shape index (κ1) is 21.5. The summed E-state index contributed by atoms with van der Waals surface area (Å²) in [6.07, 6.45) is 1.09. The van der Waals surface area contributed by atoms with E-state index in [1.807, 2.05) is 13.8 Å². The fraction of sp³-hybridized carbons (Fsp3) is 0.750. The van der Waals surface area contributed by atoms with Crippen molar-refractivity contribution in [2.75, 3.05) is 7.11 Å². The molecule has 0 atom stereocenters. The number of carbonyl (C=O) groups is 1. The second-order valence-electron chi connectivity index (χ2n) is 7.57. The molecule has 0 spiro atoms. The molecule has 3 N–H and O–H groups in total. The number of methoxy groups -OCH3 is 1. The smallest absolute Gasteiger partial charge is 0.437 e. The first-order valence-corrected chi connectivity index (χ1v) is 7.57. The first-order valence-electron chi connectivity index (χ1n) is 7.57. The van der Waals surface area contributed by atoms with Crippen LogP contribution < -0.4 is 5.73 Å². The van der Waals surface area contributed by atoms with Crippen molar-refractivity contribution >= 4 is 19.3 Å². The SMILES string of the molecule is COC(=N\C(=O)OC(C)(C)C)/C([B]CC(C)(C)C(C)(C)O)=C\N. The molecule has 0 aliphatic heterocycles. The van der Waals surface area contributed by atoms with E-state index in [1.165, 1.54) is 13.3 Å². The maximum Gasteiger partial charge on any atom is 0.437 e. The fourth-order valence-corrected chi connectivity index (χ4v) is 1.44. The summed E-state index contributed by atoms with van der Waals surface area (Å²) in [5, 5.41) is 10.2. The van der Waals surface area contributed by atoms with Gasteiger partial charge < -0.3 is 20.3 Å². The summed E-state index contributed by atoms with van der Waals surface area (Å²) in [7, 11) is 3.19. The predicted octanol–water partition coefficient (Wildman–Crippen LogP) is 2.69. The molecule has 0 rings (SSSR count). The normalized spacial score (nSPS) is 14.5. The standard InChI is InChI=1S/C16H30BN2O4/c1-14(2,3)23-13(20)19-12(22-8)11(9-18)17-10-15(4,5)16(6,7)21/h9,21H,10,18H2,1-8H3/b11-9+,19-12-. The van der Waals surface area contributed by atoms with E-state index >= 15 is 0 Å². The zero-order valence-corrected chi connectivity index (χ0v) is 15.6. The van der Waals surface area contributed by atoms with Crippen LogP contribution in [-0.2, 0) is 9.47 Å². The minimum absolute atomic E-state index is 0.0771. The number of hydrogen-bond donors (Lipinski definition) is 2. The zero-order valence-electron chi connectivity index (χ0n) is 15.6. The number of rotatable bonds is 5. The molecule has 0 saturated carbocycles. The molecular weight excluding hydrogens is 295 g/mol. The molecule has 0 fully saturated rings. The van der Waals surface area contributed by atoms with Crippen LogP contribution in [0.15, 0.2) is 16.7 Å². The van der Waals surface area contributed by atoms with Crippen LogP contribution in [0, 0.1) is 5.41 Å². The molecule has 131 valence electrons. The lowest BCUT2D eigenvalue weighted by atomic mass is 9.55. The molecule has 0 unspecified atom stereocenters. The van der Waals surface area contributed by atoms with Crippen LogP contribution in [0.3, 0.4) is 0 Å². The molecule has 0 aromatic heterocycles. The van der Waals surface area contributed by atoms with Crippen molar-refractivity contribution in [2.24, 2.45) is 16.1 Å². The van der Waals surface area contributed by atoms with Gasteiger partial charge in [-0.25, -0.2) is 4.79 Å². The Balaban J connectivity index is 5.10. The number of hydrogen-bond acceptors (Lipinski definition) is 5. The van der Waals surface area contributed by atoms with Gasteiger partial charge in [-0.1, -0.05) is 20.2 Å². The Morgan fingerprint density at radius 2 is 1.74 bits per heavy atom.